The van der Waals surface area contributed by atoms with Gasteiger partial charge in [-0.3, -0.25) is 4.68 Å². The smallest absolute Gasteiger partial charge is 0.416 e. The molecule has 7 heteroatoms. The molecule has 0 radical (unpaired) electrons. The minimum atomic E-state index is -4.36. The summed E-state index contributed by atoms with van der Waals surface area (Å²) >= 11 is 0. The maximum absolute atomic E-state index is 12.7. The number of methoxy groups -OCH3 is 1. The zero-order valence-corrected chi connectivity index (χ0v) is 11.7. The van der Waals surface area contributed by atoms with Gasteiger partial charge in [0.2, 0.25) is 0 Å². The van der Waals surface area contributed by atoms with Crippen molar-refractivity contribution in [2.24, 2.45) is 12.8 Å². The molecule has 1 aromatic carbocycles. The minimum absolute atomic E-state index is 0.264. The lowest BCUT2D eigenvalue weighted by Crippen LogP contribution is -2.18. The van der Waals surface area contributed by atoms with Gasteiger partial charge in [-0.05, 0) is 18.1 Å². The molecule has 1 atom stereocenters. The summed E-state index contributed by atoms with van der Waals surface area (Å²) in [4.78, 5) is 0. The van der Waals surface area contributed by atoms with Crippen LogP contribution in [0.2, 0.25) is 0 Å². The molecule has 0 saturated carbocycles. The Hall–Kier alpha value is -2.02. The Morgan fingerprint density at radius 2 is 2.10 bits per heavy atom. The van der Waals surface area contributed by atoms with Crippen LogP contribution < -0.4 is 10.5 Å². The first-order valence-corrected chi connectivity index (χ1v) is 6.30. The highest BCUT2D eigenvalue weighted by atomic mass is 19.4. The van der Waals surface area contributed by atoms with Gasteiger partial charge in [-0.1, -0.05) is 18.2 Å². The lowest BCUT2D eigenvalue weighted by atomic mass is 10.0. The highest BCUT2D eigenvalue weighted by Crippen LogP contribution is 2.31. The van der Waals surface area contributed by atoms with Gasteiger partial charge >= 0.3 is 6.18 Å². The van der Waals surface area contributed by atoms with Crippen molar-refractivity contribution in [3.05, 3.63) is 47.3 Å². The molecule has 0 aliphatic rings. The van der Waals surface area contributed by atoms with E-state index in [9.17, 15) is 13.2 Å². The summed E-state index contributed by atoms with van der Waals surface area (Å²) in [7, 11) is 3.21. The number of alkyl halides is 3. The Morgan fingerprint density at radius 3 is 2.71 bits per heavy atom. The van der Waals surface area contributed by atoms with Crippen LogP contribution in [0, 0.1) is 0 Å². The molecule has 0 aliphatic carbocycles. The van der Waals surface area contributed by atoms with Gasteiger partial charge < -0.3 is 10.5 Å². The number of ether oxygens (including phenoxy) is 1. The highest BCUT2D eigenvalue weighted by molar-refractivity contribution is 5.31. The van der Waals surface area contributed by atoms with E-state index in [4.69, 9.17) is 10.5 Å². The van der Waals surface area contributed by atoms with Crippen molar-refractivity contribution >= 4 is 0 Å². The van der Waals surface area contributed by atoms with Crippen molar-refractivity contribution in [1.29, 1.82) is 0 Å². The number of nitrogens with zero attached hydrogens (tertiary/aromatic N) is 2. The number of hydrogen-bond donors (Lipinski definition) is 1. The van der Waals surface area contributed by atoms with Crippen LogP contribution in [0.25, 0.3) is 0 Å². The first-order valence-electron chi connectivity index (χ1n) is 6.30. The Kier molecular flexibility index (Phi) is 4.22. The van der Waals surface area contributed by atoms with Crippen LogP contribution in [0.4, 0.5) is 13.2 Å². The Balaban J connectivity index is 2.24. The molecule has 21 heavy (non-hydrogen) atoms. The SMILES string of the molecule is COc1cnn(C)c1C(N)Cc1cccc(C(F)(F)F)c1. The fourth-order valence-corrected chi connectivity index (χ4v) is 2.23. The van der Waals surface area contributed by atoms with Crippen LogP contribution in [0.5, 0.6) is 5.75 Å². The molecule has 0 saturated heterocycles. The van der Waals surface area contributed by atoms with E-state index in [-0.39, 0.29) is 6.42 Å². The van der Waals surface area contributed by atoms with Gasteiger partial charge in [0.05, 0.1) is 30.6 Å². The summed E-state index contributed by atoms with van der Waals surface area (Å²) in [6, 6.07) is 4.65. The molecule has 1 aromatic heterocycles. The average Bonchev–Trinajstić information content (AvgIpc) is 2.79. The quantitative estimate of drug-likeness (QED) is 0.944. The first-order chi connectivity index (χ1) is 9.82. The molecular weight excluding hydrogens is 283 g/mol. The number of benzene rings is 1. The zero-order chi connectivity index (χ0) is 15.6. The number of rotatable bonds is 4. The molecule has 4 nitrogen and oxygen atoms in total. The monoisotopic (exact) mass is 299 g/mol. The van der Waals surface area contributed by atoms with Crippen LogP contribution in [0.1, 0.15) is 22.9 Å². The molecular formula is C14H16F3N3O. The first kappa shape index (κ1) is 15.4. The van der Waals surface area contributed by atoms with Crippen LogP contribution in [0.3, 0.4) is 0 Å². The zero-order valence-electron chi connectivity index (χ0n) is 11.7. The lowest BCUT2D eigenvalue weighted by molar-refractivity contribution is -0.137. The van der Waals surface area contributed by atoms with Crippen molar-refractivity contribution < 1.29 is 17.9 Å². The topological polar surface area (TPSA) is 53.1 Å². The fourth-order valence-electron chi connectivity index (χ4n) is 2.23. The standard InChI is InChI=1S/C14H16F3N3O/c1-20-13(12(21-2)8-19-20)11(18)7-9-4-3-5-10(6-9)14(15,16)17/h3-6,8,11H,7,18H2,1-2H3. The molecule has 2 aromatic rings. The van der Waals surface area contributed by atoms with E-state index < -0.39 is 17.8 Å². The number of nitrogens with two attached hydrogens (primary N) is 1. The summed E-state index contributed by atoms with van der Waals surface area (Å²) in [6.07, 6.45) is -2.56. The third-order valence-electron chi connectivity index (χ3n) is 3.23. The minimum Gasteiger partial charge on any atom is -0.493 e. The fraction of sp³-hybridized carbons (Fsp3) is 0.357. The maximum Gasteiger partial charge on any atom is 0.416 e. The number of aromatic nitrogens is 2. The molecule has 114 valence electrons. The van der Waals surface area contributed by atoms with Crippen LogP contribution in [-0.4, -0.2) is 16.9 Å². The Labute approximate surface area is 120 Å². The number of hydrogen-bond acceptors (Lipinski definition) is 3. The van der Waals surface area contributed by atoms with Gasteiger partial charge in [-0.2, -0.15) is 18.3 Å². The third-order valence-corrected chi connectivity index (χ3v) is 3.23. The summed E-state index contributed by atoms with van der Waals surface area (Å²) in [5.41, 5.74) is 6.57. The van der Waals surface area contributed by atoms with Crippen LogP contribution >= 0.6 is 0 Å². The van der Waals surface area contributed by atoms with Gasteiger partial charge in [0.1, 0.15) is 0 Å². The highest BCUT2D eigenvalue weighted by Gasteiger charge is 2.30. The van der Waals surface area contributed by atoms with Crippen molar-refractivity contribution in [3.63, 3.8) is 0 Å². The van der Waals surface area contributed by atoms with Crippen molar-refractivity contribution in [2.45, 2.75) is 18.6 Å². The van der Waals surface area contributed by atoms with E-state index in [1.165, 1.54) is 19.4 Å². The predicted molar refractivity (Wildman–Crippen MR) is 71.8 cm³/mol. The van der Waals surface area contributed by atoms with Gasteiger partial charge in [0, 0.05) is 7.05 Å². The summed E-state index contributed by atoms with van der Waals surface area (Å²) in [5, 5.41) is 4.04. The van der Waals surface area contributed by atoms with Gasteiger partial charge in [-0.15, -0.1) is 0 Å². The molecule has 2 rings (SSSR count). The maximum atomic E-state index is 12.7. The normalized spacial score (nSPS) is 13.2. The largest absolute Gasteiger partial charge is 0.493 e. The van der Waals surface area contributed by atoms with E-state index in [2.05, 4.69) is 5.10 Å². The van der Waals surface area contributed by atoms with Crippen LogP contribution in [0.15, 0.2) is 30.5 Å². The molecule has 0 fully saturated rings. The molecule has 0 aliphatic heterocycles. The van der Waals surface area contributed by atoms with E-state index in [0.717, 1.165) is 12.1 Å². The second-order valence-electron chi connectivity index (χ2n) is 4.73. The van der Waals surface area contributed by atoms with E-state index in [1.807, 2.05) is 0 Å². The number of aryl methyl sites for hydroxylation is 1. The molecule has 0 spiro atoms. The summed E-state index contributed by atoms with van der Waals surface area (Å²) in [6.45, 7) is 0. The van der Waals surface area contributed by atoms with E-state index in [1.54, 1.807) is 17.8 Å². The van der Waals surface area contributed by atoms with E-state index in [0.29, 0.717) is 17.0 Å². The average molecular weight is 299 g/mol. The number of halogens is 3. The molecule has 1 heterocycles. The summed E-state index contributed by atoms with van der Waals surface area (Å²) in [5.74, 6) is 0.525. The molecule has 0 amide bonds. The van der Waals surface area contributed by atoms with Crippen LogP contribution in [-0.2, 0) is 19.6 Å². The second-order valence-corrected chi connectivity index (χ2v) is 4.73. The van der Waals surface area contributed by atoms with Gasteiger partial charge in [0.25, 0.3) is 0 Å². The van der Waals surface area contributed by atoms with Gasteiger partial charge in [-0.25, -0.2) is 0 Å². The lowest BCUT2D eigenvalue weighted by Gasteiger charge is -2.15. The summed E-state index contributed by atoms with van der Waals surface area (Å²) < 4.78 is 44.8. The van der Waals surface area contributed by atoms with Crippen molar-refractivity contribution in [2.75, 3.05) is 7.11 Å². The van der Waals surface area contributed by atoms with E-state index >= 15 is 0 Å². The predicted octanol–water partition coefficient (Wildman–Crippen LogP) is 2.69. The molecule has 0 bridgehead atoms. The third kappa shape index (κ3) is 3.36. The van der Waals surface area contributed by atoms with Gasteiger partial charge in [0.15, 0.2) is 5.75 Å². The van der Waals surface area contributed by atoms with Crippen molar-refractivity contribution in [1.82, 2.24) is 9.78 Å². The Bertz CT molecular complexity index is 622. The molecule has 2 N–H and O–H groups in total. The Morgan fingerprint density at radius 1 is 1.38 bits per heavy atom. The molecule has 1 unspecified atom stereocenters. The second kappa shape index (κ2) is 5.77. The van der Waals surface area contributed by atoms with Crippen molar-refractivity contribution in [3.8, 4) is 5.75 Å².